The van der Waals surface area contributed by atoms with Gasteiger partial charge in [0, 0.05) is 27.2 Å². The van der Waals surface area contributed by atoms with E-state index in [0.29, 0.717) is 43.4 Å². The molecule has 6 heteroatoms. The van der Waals surface area contributed by atoms with Crippen molar-refractivity contribution in [2.75, 3.05) is 40.4 Å². The van der Waals surface area contributed by atoms with Gasteiger partial charge < -0.3 is 19.3 Å². The van der Waals surface area contributed by atoms with E-state index in [1.165, 1.54) is 16.0 Å². The number of aryl methyl sites for hydroxylation is 2. The van der Waals surface area contributed by atoms with Gasteiger partial charge in [-0.25, -0.2) is 0 Å². The zero-order valence-electron chi connectivity index (χ0n) is 24.5. The highest BCUT2D eigenvalue weighted by atomic mass is 16.5. The van der Waals surface area contributed by atoms with E-state index in [0.717, 1.165) is 38.5 Å². The van der Waals surface area contributed by atoms with Crippen molar-refractivity contribution in [3.8, 4) is 11.5 Å². The summed E-state index contributed by atoms with van der Waals surface area (Å²) in [5.74, 6) is 0.409. The summed E-state index contributed by atoms with van der Waals surface area (Å²) in [7, 11) is 3.38. The first-order chi connectivity index (χ1) is 19.5. The second-order valence-corrected chi connectivity index (χ2v) is 10.1. The van der Waals surface area contributed by atoms with Crippen LogP contribution in [0.4, 0.5) is 0 Å². The van der Waals surface area contributed by atoms with E-state index in [4.69, 9.17) is 9.47 Å². The molecule has 0 saturated carbocycles. The fraction of sp³-hybridized carbons (Fsp3) is 0.412. The van der Waals surface area contributed by atoms with Crippen molar-refractivity contribution >= 4 is 11.8 Å². The Morgan fingerprint density at radius 3 is 1.68 bits per heavy atom. The number of nitrogens with zero attached hydrogens (tertiary/aromatic N) is 2. The number of carbonyl (C=O) groups excluding carboxylic acids is 2. The second-order valence-electron chi connectivity index (χ2n) is 10.1. The molecule has 0 radical (unpaired) electrons. The quantitative estimate of drug-likeness (QED) is 0.189. The van der Waals surface area contributed by atoms with Crippen LogP contribution in [0.1, 0.15) is 71.4 Å². The van der Waals surface area contributed by atoms with Crippen LogP contribution in [0.3, 0.4) is 0 Å². The predicted octanol–water partition coefficient (Wildman–Crippen LogP) is 6.67. The van der Waals surface area contributed by atoms with Crippen LogP contribution >= 0.6 is 0 Å². The summed E-state index contributed by atoms with van der Waals surface area (Å²) in [4.78, 5) is 30.1. The van der Waals surface area contributed by atoms with Crippen molar-refractivity contribution in [1.82, 2.24) is 9.80 Å². The summed E-state index contributed by atoms with van der Waals surface area (Å²) in [5, 5.41) is 0. The van der Waals surface area contributed by atoms with E-state index in [1.54, 1.807) is 31.1 Å². The summed E-state index contributed by atoms with van der Waals surface area (Å²) in [6, 6.07) is 24.3. The van der Waals surface area contributed by atoms with Crippen LogP contribution in [0.5, 0.6) is 11.5 Å². The van der Waals surface area contributed by atoms with Crippen LogP contribution in [-0.4, -0.2) is 62.0 Å². The lowest BCUT2D eigenvalue weighted by Gasteiger charge is -2.24. The minimum atomic E-state index is -0.274. The number of rotatable bonds is 16. The van der Waals surface area contributed by atoms with E-state index in [9.17, 15) is 9.59 Å². The molecule has 0 bridgehead atoms. The van der Waals surface area contributed by atoms with Crippen LogP contribution in [0, 0.1) is 0 Å². The van der Waals surface area contributed by atoms with E-state index >= 15 is 0 Å². The normalized spacial score (nSPS) is 10.7. The van der Waals surface area contributed by atoms with Crippen molar-refractivity contribution in [2.45, 2.75) is 52.4 Å². The summed E-state index contributed by atoms with van der Waals surface area (Å²) >= 11 is 0. The highest BCUT2D eigenvalue weighted by Crippen LogP contribution is 2.36. The van der Waals surface area contributed by atoms with Gasteiger partial charge in [-0.3, -0.25) is 9.59 Å². The van der Waals surface area contributed by atoms with E-state index in [2.05, 4.69) is 36.4 Å². The SMILES string of the molecule is CCN(CC)C(=O)c1ccc(OCCCCc2ccccc2)c(OCCCCc2ccccc2)c1C(=O)N(C)C. The van der Waals surface area contributed by atoms with E-state index in [1.807, 2.05) is 38.1 Å². The third-order valence-corrected chi connectivity index (χ3v) is 6.93. The van der Waals surface area contributed by atoms with E-state index in [-0.39, 0.29) is 17.4 Å². The molecule has 2 amide bonds. The van der Waals surface area contributed by atoms with Crippen molar-refractivity contribution in [1.29, 1.82) is 0 Å². The molecule has 0 saturated heterocycles. The minimum Gasteiger partial charge on any atom is -0.490 e. The van der Waals surface area contributed by atoms with Crippen LogP contribution in [0.25, 0.3) is 0 Å². The van der Waals surface area contributed by atoms with Gasteiger partial charge >= 0.3 is 0 Å². The topological polar surface area (TPSA) is 59.1 Å². The molecule has 0 aliphatic heterocycles. The molecular weight excluding hydrogens is 500 g/mol. The zero-order chi connectivity index (χ0) is 28.7. The summed E-state index contributed by atoms with van der Waals surface area (Å²) in [5.41, 5.74) is 3.21. The highest BCUT2D eigenvalue weighted by Gasteiger charge is 2.28. The van der Waals surface area contributed by atoms with Crippen molar-refractivity contribution in [3.05, 3.63) is 95.1 Å². The number of ether oxygens (including phenoxy) is 2. The Bertz CT molecular complexity index is 1190. The van der Waals surface area contributed by atoms with Crippen molar-refractivity contribution in [2.24, 2.45) is 0 Å². The van der Waals surface area contributed by atoms with E-state index < -0.39 is 0 Å². The maximum absolute atomic E-state index is 13.5. The largest absolute Gasteiger partial charge is 0.490 e. The zero-order valence-corrected chi connectivity index (χ0v) is 24.5. The fourth-order valence-corrected chi connectivity index (χ4v) is 4.62. The molecule has 3 aromatic rings. The highest BCUT2D eigenvalue weighted by molar-refractivity contribution is 6.09. The number of unbranched alkanes of at least 4 members (excludes halogenated alkanes) is 2. The first-order valence-corrected chi connectivity index (χ1v) is 14.5. The van der Waals surface area contributed by atoms with Gasteiger partial charge in [0.25, 0.3) is 11.8 Å². The smallest absolute Gasteiger partial charge is 0.258 e. The first-order valence-electron chi connectivity index (χ1n) is 14.5. The van der Waals surface area contributed by atoms with Gasteiger partial charge in [0.05, 0.1) is 24.3 Å². The Hall–Kier alpha value is -3.80. The lowest BCUT2D eigenvalue weighted by Crippen LogP contribution is -2.33. The standard InChI is InChI=1S/C34H44N2O4/c1-5-36(6-2)33(37)29-23-24-30(39-25-15-13-21-27-17-9-7-10-18-27)32(31(29)34(38)35(3)4)40-26-16-14-22-28-19-11-8-12-20-28/h7-12,17-20,23-24H,5-6,13-16,21-22,25-26H2,1-4H3. The fourth-order valence-electron chi connectivity index (χ4n) is 4.62. The Morgan fingerprint density at radius 2 is 1.18 bits per heavy atom. The molecule has 3 rings (SSSR count). The number of benzene rings is 3. The monoisotopic (exact) mass is 544 g/mol. The first kappa shape index (κ1) is 30.7. The average molecular weight is 545 g/mol. The van der Waals surface area contributed by atoms with Gasteiger partial charge in [-0.15, -0.1) is 0 Å². The number of hydrogen-bond acceptors (Lipinski definition) is 4. The Kier molecular flexibility index (Phi) is 12.6. The van der Waals surface area contributed by atoms with Gasteiger partial charge in [0.2, 0.25) is 0 Å². The molecular formula is C34H44N2O4. The summed E-state index contributed by atoms with van der Waals surface area (Å²) in [6.45, 7) is 5.91. The maximum atomic E-state index is 13.5. The third-order valence-electron chi connectivity index (χ3n) is 6.93. The van der Waals surface area contributed by atoms with Crippen LogP contribution < -0.4 is 9.47 Å². The van der Waals surface area contributed by atoms with Crippen molar-refractivity contribution in [3.63, 3.8) is 0 Å². The molecule has 3 aromatic carbocycles. The predicted molar refractivity (Wildman–Crippen MR) is 161 cm³/mol. The van der Waals surface area contributed by atoms with Crippen LogP contribution in [-0.2, 0) is 12.8 Å². The van der Waals surface area contributed by atoms with Gasteiger partial charge in [-0.2, -0.15) is 0 Å². The van der Waals surface area contributed by atoms with Crippen LogP contribution in [0.2, 0.25) is 0 Å². The summed E-state index contributed by atoms with van der Waals surface area (Å²) < 4.78 is 12.5. The molecule has 0 heterocycles. The second kappa shape index (κ2) is 16.3. The number of amides is 2. The average Bonchev–Trinajstić information content (AvgIpc) is 2.98. The van der Waals surface area contributed by atoms with Crippen molar-refractivity contribution < 1.29 is 19.1 Å². The Morgan fingerprint density at radius 1 is 0.650 bits per heavy atom. The third kappa shape index (κ3) is 8.87. The molecule has 214 valence electrons. The lowest BCUT2D eigenvalue weighted by molar-refractivity contribution is 0.0750. The molecule has 0 atom stereocenters. The molecule has 6 nitrogen and oxygen atoms in total. The molecule has 0 aromatic heterocycles. The number of hydrogen-bond donors (Lipinski definition) is 0. The molecule has 0 aliphatic rings. The molecule has 0 spiro atoms. The Labute approximate surface area is 239 Å². The van der Waals surface area contributed by atoms with Gasteiger partial charge in [-0.05, 0) is 75.6 Å². The molecule has 0 N–H and O–H groups in total. The molecule has 0 aliphatic carbocycles. The number of carbonyl (C=O) groups is 2. The lowest BCUT2D eigenvalue weighted by atomic mass is 10.0. The van der Waals surface area contributed by atoms with Gasteiger partial charge in [0.1, 0.15) is 0 Å². The molecule has 0 fully saturated rings. The van der Waals surface area contributed by atoms with Gasteiger partial charge in [-0.1, -0.05) is 60.7 Å². The summed E-state index contributed by atoms with van der Waals surface area (Å²) in [6.07, 6.45) is 5.56. The minimum absolute atomic E-state index is 0.182. The maximum Gasteiger partial charge on any atom is 0.258 e. The van der Waals surface area contributed by atoms with Gasteiger partial charge in [0.15, 0.2) is 11.5 Å². The Balaban J connectivity index is 1.79. The molecule has 40 heavy (non-hydrogen) atoms. The van der Waals surface area contributed by atoms with Crippen LogP contribution in [0.15, 0.2) is 72.8 Å². The molecule has 0 unspecified atom stereocenters.